The standard InChI is InChI=1S/C22H20N6O3/c1-26-13-24-18(25-26)10-11-23-19(29)12-27-20-14-6-2-3-7-15(14)22(31)28(20)17-9-5-4-8-16(17)21(27)30/h2-9,13,20H,10-12H2,1H3,(H,23,29). The highest BCUT2D eigenvalue weighted by molar-refractivity contribution is 6.17. The molecule has 3 aromatic rings. The van der Waals surface area contributed by atoms with Gasteiger partial charge >= 0.3 is 0 Å². The van der Waals surface area contributed by atoms with Crippen molar-refractivity contribution in [1.82, 2.24) is 25.0 Å². The quantitative estimate of drug-likeness (QED) is 0.676. The zero-order valence-electron chi connectivity index (χ0n) is 16.9. The van der Waals surface area contributed by atoms with Crippen molar-refractivity contribution < 1.29 is 14.4 Å². The second-order valence-corrected chi connectivity index (χ2v) is 7.52. The van der Waals surface area contributed by atoms with E-state index in [0.717, 1.165) is 5.56 Å². The summed E-state index contributed by atoms with van der Waals surface area (Å²) >= 11 is 0. The molecule has 0 saturated carbocycles. The molecule has 31 heavy (non-hydrogen) atoms. The Morgan fingerprint density at radius 1 is 1.03 bits per heavy atom. The van der Waals surface area contributed by atoms with Gasteiger partial charge in [-0.2, -0.15) is 5.10 Å². The van der Waals surface area contributed by atoms with E-state index in [4.69, 9.17) is 0 Å². The molecule has 1 unspecified atom stereocenters. The van der Waals surface area contributed by atoms with Gasteiger partial charge in [0, 0.05) is 31.1 Å². The lowest BCUT2D eigenvalue weighted by Gasteiger charge is -2.40. The van der Waals surface area contributed by atoms with Gasteiger partial charge in [0.2, 0.25) is 5.91 Å². The first-order valence-electron chi connectivity index (χ1n) is 9.98. The van der Waals surface area contributed by atoms with Crippen molar-refractivity contribution in [2.45, 2.75) is 12.6 Å². The average molecular weight is 416 g/mol. The smallest absolute Gasteiger partial charge is 0.260 e. The number of para-hydroxylation sites is 1. The Hall–Kier alpha value is -4.01. The van der Waals surface area contributed by atoms with E-state index in [1.807, 2.05) is 12.1 Å². The molecule has 1 aromatic heterocycles. The van der Waals surface area contributed by atoms with Gasteiger partial charge in [0.25, 0.3) is 11.8 Å². The third kappa shape index (κ3) is 3.14. The summed E-state index contributed by atoms with van der Waals surface area (Å²) in [6.07, 6.45) is 1.44. The first-order chi connectivity index (χ1) is 15.0. The van der Waals surface area contributed by atoms with Crippen molar-refractivity contribution in [1.29, 1.82) is 0 Å². The maximum Gasteiger partial charge on any atom is 0.260 e. The first-order valence-corrected chi connectivity index (χ1v) is 9.98. The molecule has 2 aromatic carbocycles. The summed E-state index contributed by atoms with van der Waals surface area (Å²) in [6.45, 7) is 0.191. The molecule has 0 fully saturated rings. The van der Waals surface area contributed by atoms with Crippen molar-refractivity contribution >= 4 is 23.4 Å². The number of amides is 3. The summed E-state index contributed by atoms with van der Waals surface area (Å²) in [6, 6.07) is 14.2. The minimum absolute atomic E-state index is 0.161. The van der Waals surface area contributed by atoms with Gasteiger partial charge in [-0.25, -0.2) is 4.98 Å². The van der Waals surface area contributed by atoms with Crippen molar-refractivity contribution in [3.63, 3.8) is 0 Å². The Labute approximate surface area is 178 Å². The van der Waals surface area contributed by atoms with E-state index in [1.165, 1.54) is 4.90 Å². The molecule has 0 bridgehead atoms. The van der Waals surface area contributed by atoms with Crippen LogP contribution < -0.4 is 10.2 Å². The minimum Gasteiger partial charge on any atom is -0.354 e. The van der Waals surface area contributed by atoms with Gasteiger partial charge in [-0.3, -0.25) is 24.0 Å². The normalized spacial score (nSPS) is 16.7. The number of hydrogen-bond donors (Lipinski definition) is 1. The number of benzene rings is 2. The van der Waals surface area contributed by atoms with Crippen LogP contribution >= 0.6 is 0 Å². The Morgan fingerprint density at radius 2 is 1.77 bits per heavy atom. The second-order valence-electron chi connectivity index (χ2n) is 7.52. The number of carbonyl (C=O) groups is 3. The van der Waals surface area contributed by atoms with E-state index in [2.05, 4.69) is 15.4 Å². The van der Waals surface area contributed by atoms with Crippen molar-refractivity contribution in [2.75, 3.05) is 18.0 Å². The zero-order chi connectivity index (χ0) is 21.5. The predicted octanol–water partition coefficient (Wildman–Crippen LogP) is 1.29. The van der Waals surface area contributed by atoms with E-state index < -0.39 is 6.17 Å². The van der Waals surface area contributed by atoms with E-state index in [-0.39, 0.29) is 24.3 Å². The third-order valence-electron chi connectivity index (χ3n) is 5.51. The number of fused-ring (bicyclic) bond motifs is 5. The fourth-order valence-corrected chi connectivity index (χ4v) is 4.16. The zero-order valence-corrected chi connectivity index (χ0v) is 16.9. The molecular formula is C22H20N6O3. The highest BCUT2D eigenvalue weighted by Gasteiger charge is 2.47. The molecule has 9 heteroatoms. The fourth-order valence-electron chi connectivity index (χ4n) is 4.16. The molecule has 3 heterocycles. The van der Waals surface area contributed by atoms with Crippen LogP contribution in [0.4, 0.5) is 5.69 Å². The van der Waals surface area contributed by atoms with E-state index >= 15 is 0 Å². The average Bonchev–Trinajstić information content (AvgIpc) is 3.32. The van der Waals surface area contributed by atoms with Crippen molar-refractivity contribution in [3.05, 3.63) is 77.4 Å². The fraction of sp³-hybridized carbons (Fsp3) is 0.227. The molecule has 2 aliphatic rings. The predicted molar refractivity (Wildman–Crippen MR) is 111 cm³/mol. The molecule has 0 radical (unpaired) electrons. The Bertz CT molecular complexity index is 1200. The molecule has 3 amide bonds. The van der Waals surface area contributed by atoms with Crippen LogP contribution in [0.25, 0.3) is 0 Å². The largest absolute Gasteiger partial charge is 0.354 e. The summed E-state index contributed by atoms with van der Waals surface area (Å²) in [5.74, 6) is -0.122. The number of aromatic nitrogens is 3. The second kappa shape index (κ2) is 7.35. The van der Waals surface area contributed by atoms with E-state index in [0.29, 0.717) is 35.6 Å². The van der Waals surface area contributed by atoms with Gasteiger partial charge in [0.05, 0.1) is 11.3 Å². The van der Waals surface area contributed by atoms with Crippen molar-refractivity contribution in [2.24, 2.45) is 7.05 Å². The third-order valence-corrected chi connectivity index (χ3v) is 5.51. The molecule has 1 atom stereocenters. The van der Waals surface area contributed by atoms with Crippen LogP contribution in [-0.2, 0) is 18.3 Å². The highest BCUT2D eigenvalue weighted by atomic mass is 16.2. The molecule has 1 N–H and O–H groups in total. The topological polar surface area (TPSA) is 100 Å². The van der Waals surface area contributed by atoms with Crippen LogP contribution in [0.1, 0.15) is 38.3 Å². The van der Waals surface area contributed by atoms with Crippen LogP contribution in [0.2, 0.25) is 0 Å². The van der Waals surface area contributed by atoms with Gasteiger partial charge in [-0.15, -0.1) is 0 Å². The maximum absolute atomic E-state index is 13.3. The lowest BCUT2D eigenvalue weighted by molar-refractivity contribution is -0.122. The molecule has 5 rings (SSSR count). The highest BCUT2D eigenvalue weighted by Crippen LogP contribution is 2.44. The number of nitrogens with one attached hydrogen (secondary N) is 1. The van der Waals surface area contributed by atoms with Crippen LogP contribution in [0.5, 0.6) is 0 Å². The van der Waals surface area contributed by atoms with Gasteiger partial charge in [-0.1, -0.05) is 30.3 Å². The Morgan fingerprint density at radius 3 is 2.55 bits per heavy atom. The number of carbonyl (C=O) groups excluding carboxylic acids is 3. The lowest BCUT2D eigenvalue weighted by atomic mass is 10.0. The SMILES string of the molecule is Cn1cnc(CCNC(=O)CN2C(=O)c3ccccc3N3C(=O)c4ccccc4C23)n1. The van der Waals surface area contributed by atoms with Crippen LogP contribution in [-0.4, -0.2) is 50.5 Å². The number of rotatable bonds is 5. The molecule has 9 nitrogen and oxygen atoms in total. The lowest BCUT2D eigenvalue weighted by Crippen LogP contribution is -2.51. The summed E-state index contributed by atoms with van der Waals surface area (Å²) in [4.78, 5) is 46.3. The number of nitrogens with zero attached hydrogens (tertiary/aromatic N) is 5. The van der Waals surface area contributed by atoms with Crippen LogP contribution in [0.15, 0.2) is 54.9 Å². The van der Waals surface area contributed by atoms with Gasteiger partial charge in [0.1, 0.15) is 19.0 Å². The van der Waals surface area contributed by atoms with E-state index in [1.54, 1.807) is 59.4 Å². The molecule has 0 spiro atoms. The van der Waals surface area contributed by atoms with Crippen LogP contribution in [0, 0.1) is 0 Å². The molecule has 0 aliphatic carbocycles. The summed E-state index contributed by atoms with van der Waals surface area (Å²) in [5, 5.41) is 7.00. The summed E-state index contributed by atoms with van der Waals surface area (Å²) < 4.78 is 1.60. The first kappa shape index (κ1) is 19.0. The van der Waals surface area contributed by atoms with Gasteiger partial charge < -0.3 is 10.2 Å². The Balaban J connectivity index is 1.40. The molecule has 156 valence electrons. The summed E-state index contributed by atoms with van der Waals surface area (Å²) in [7, 11) is 1.78. The van der Waals surface area contributed by atoms with Crippen molar-refractivity contribution in [3.8, 4) is 0 Å². The van der Waals surface area contributed by atoms with Gasteiger partial charge in [0.15, 0.2) is 5.82 Å². The Kier molecular flexibility index (Phi) is 4.50. The minimum atomic E-state index is -0.644. The number of aryl methyl sites for hydroxylation is 1. The number of hydrogen-bond acceptors (Lipinski definition) is 5. The van der Waals surface area contributed by atoms with Gasteiger partial charge in [-0.05, 0) is 18.2 Å². The maximum atomic E-state index is 13.3. The van der Waals surface area contributed by atoms with Crippen LogP contribution in [0.3, 0.4) is 0 Å². The molecule has 0 saturated heterocycles. The number of anilines is 1. The monoisotopic (exact) mass is 416 g/mol. The summed E-state index contributed by atoms with van der Waals surface area (Å²) in [5.41, 5.74) is 2.24. The van der Waals surface area contributed by atoms with E-state index in [9.17, 15) is 14.4 Å². The molecule has 2 aliphatic heterocycles. The molecular weight excluding hydrogens is 396 g/mol.